The van der Waals surface area contributed by atoms with Gasteiger partial charge in [0, 0.05) is 29.4 Å². The molecule has 1 fully saturated rings. The summed E-state index contributed by atoms with van der Waals surface area (Å²) in [7, 11) is 0. The number of aliphatic hydroxyl groups excluding tert-OH is 1. The van der Waals surface area contributed by atoms with Crippen LogP contribution in [0.2, 0.25) is 0 Å². The first kappa shape index (κ1) is 29.2. The number of aliphatic imine (C=N–C) groups is 1. The number of aliphatic hydroxyl groups is 1. The summed E-state index contributed by atoms with van der Waals surface area (Å²) in [5.41, 5.74) is 6.19. The third-order valence-corrected chi connectivity index (χ3v) is 7.19. The highest BCUT2D eigenvalue weighted by atomic mass is 19.4. The number of nitrogens with one attached hydrogen (secondary N) is 1. The molecule has 0 radical (unpaired) electrons. The smallest absolute Gasteiger partial charge is 0.376 e. The highest BCUT2D eigenvalue weighted by Gasteiger charge is 2.40. The molecule has 1 aliphatic carbocycles. The predicted molar refractivity (Wildman–Crippen MR) is 138 cm³/mol. The summed E-state index contributed by atoms with van der Waals surface area (Å²) in [6.07, 6.45) is -6.10. The number of anilines is 1. The number of nitrogens with two attached hydrogens (primary N) is 1. The number of amides is 3. The number of benzene rings is 2. The molecule has 0 aromatic heterocycles. The molecule has 4 N–H and O–H groups in total. The molecule has 3 atom stereocenters. The van der Waals surface area contributed by atoms with Crippen LogP contribution in [-0.2, 0) is 14.4 Å². The highest BCUT2D eigenvalue weighted by molar-refractivity contribution is 6.20. The van der Waals surface area contributed by atoms with Crippen molar-refractivity contribution in [3.8, 4) is 0 Å². The van der Waals surface area contributed by atoms with Gasteiger partial charge in [-0.1, -0.05) is 55.3 Å². The maximum absolute atomic E-state index is 15.0. The summed E-state index contributed by atoms with van der Waals surface area (Å²) in [6.45, 7) is -0.933. The standard InChI is InChI=1S/C28H30F4N4O4/c29-21-10-4-8-19-22(17-6-2-1-3-7-17)34-25(27(40)36(15-37)23(19)21)35-26(39)18(9-5-13-28(30,31)32)20(24(33)38)14-16-11-12-16/h1-4,6-8,10,16,18,20,25,37H,5,9,11-15H2,(H2,33,38)(H,35,39)/t18-,20+,25-/m1/s1. The van der Waals surface area contributed by atoms with Gasteiger partial charge in [0.25, 0.3) is 5.91 Å². The van der Waals surface area contributed by atoms with E-state index in [1.54, 1.807) is 30.3 Å². The zero-order valence-electron chi connectivity index (χ0n) is 21.5. The van der Waals surface area contributed by atoms with Gasteiger partial charge in [-0.2, -0.15) is 13.2 Å². The second-order valence-corrected chi connectivity index (χ2v) is 10.1. The molecule has 214 valence electrons. The summed E-state index contributed by atoms with van der Waals surface area (Å²) in [5, 5.41) is 12.5. The average molecular weight is 563 g/mol. The summed E-state index contributed by atoms with van der Waals surface area (Å²) in [5.74, 6) is -5.59. The maximum Gasteiger partial charge on any atom is 0.389 e. The van der Waals surface area contributed by atoms with E-state index in [2.05, 4.69) is 10.3 Å². The van der Waals surface area contributed by atoms with E-state index in [-0.39, 0.29) is 35.7 Å². The van der Waals surface area contributed by atoms with Crippen LogP contribution >= 0.6 is 0 Å². The van der Waals surface area contributed by atoms with Crippen molar-refractivity contribution < 1.29 is 37.1 Å². The van der Waals surface area contributed by atoms with Crippen molar-refractivity contribution >= 4 is 29.1 Å². The Morgan fingerprint density at radius 2 is 1.80 bits per heavy atom. The molecular formula is C28H30F4N4O4. The van der Waals surface area contributed by atoms with Crippen molar-refractivity contribution in [3.63, 3.8) is 0 Å². The molecule has 12 heteroatoms. The number of halogens is 4. The zero-order valence-corrected chi connectivity index (χ0v) is 21.5. The summed E-state index contributed by atoms with van der Waals surface area (Å²) in [6, 6.07) is 12.5. The Hall–Kier alpha value is -3.80. The van der Waals surface area contributed by atoms with E-state index in [1.807, 2.05) is 0 Å². The number of benzodiazepines with no additional fused rings is 1. The number of carbonyl (C=O) groups excluding carboxylic acids is 3. The third-order valence-electron chi connectivity index (χ3n) is 7.19. The molecule has 0 spiro atoms. The largest absolute Gasteiger partial charge is 0.389 e. The second-order valence-electron chi connectivity index (χ2n) is 10.1. The molecule has 1 saturated carbocycles. The number of fused-ring (bicyclic) bond motifs is 1. The first-order valence-electron chi connectivity index (χ1n) is 13.0. The number of nitrogens with zero attached hydrogens (tertiary/aromatic N) is 2. The van der Waals surface area contributed by atoms with Crippen LogP contribution in [0.15, 0.2) is 53.5 Å². The molecule has 2 aromatic carbocycles. The fourth-order valence-electron chi connectivity index (χ4n) is 5.02. The molecule has 2 aliphatic rings. The van der Waals surface area contributed by atoms with Gasteiger partial charge in [0.15, 0.2) is 0 Å². The Bertz CT molecular complexity index is 1280. The van der Waals surface area contributed by atoms with Crippen LogP contribution in [0.3, 0.4) is 0 Å². The first-order chi connectivity index (χ1) is 19.0. The van der Waals surface area contributed by atoms with Gasteiger partial charge in [-0.15, -0.1) is 0 Å². The van der Waals surface area contributed by atoms with E-state index < -0.39 is 67.3 Å². The number of hydrogen-bond acceptors (Lipinski definition) is 5. The number of primary amides is 1. The van der Waals surface area contributed by atoms with Crippen LogP contribution in [0.25, 0.3) is 0 Å². The molecule has 1 aliphatic heterocycles. The molecule has 4 rings (SSSR count). The van der Waals surface area contributed by atoms with Gasteiger partial charge in [0.1, 0.15) is 12.5 Å². The molecule has 2 aromatic rings. The van der Waals surface area contributed by atoms with E-state index in [9.17, 15) is 32.7 Å². The summed E-state index contributed by atoms with van der Waals surface area (Å²) >= 11 is 0. The average Bonchev–Trinajstić information content (AvgIpc) is 3.74. The van der Waals surface area contributed by atoms with E-state index in [4.69, 9.17) is 5.73 Å². The third kappa shape index (κ3) is 6.85. The van der Waals surface area contributed by atoms with Gasteiger partial charge in [0.2, 0.25) is 18.0 Å². The summed E-state index contributed by atoms with van der Waals surface area (Å²) < 4.78 is 53.7. The van der Waals surface area contributed by atoms with Crippen molar-refractivity contribution in [2.24, 2.45) is 28.5 Å². The lowest BCUT2D eigenvalue weighted by molar-refractivity contribution is -0.140. The maximum atomic E-state index is 15.0. The fourth-order valence-corrected chi connectivity index (χ4v) is 5.02. The Morgan fingerprint density at radius 1 is 1.10 bits per heavy atom. The first-order valence-corrected chi connectivity index (χ1v) is 13.0. The minimum absolute atomic E-state index is 0.139. The van der Waals surface area contributed by atoms with Crippen molar-refractivity contribution in [1.29, 1.82) is 0 Å². The number of carbonyl (C=O) groups is 3. The molecule has 40 heavy (non-hydrogen) atoms. The van der Waals surface area contributed by atoms with Crippen LogP contribution in [0.5, 0.6) is 0 Å². The van der Waals surface area contributed by atoms with E-state index >= 15 is 4.39 Å². The Labute approximate surface area is 228 Å². The summed E-state index contributed by atoms with van der Waals surface area (Å²) in [4.78, 5) is 44.6. The second kappa shape index (κ2) is 12.2. The fraction of sp³-hybridized carbons (Fsp3) is 0.429. The number of alkyl halides is 3. The van der Waals surface area contributed by atoms with Crippen LogP contribution in [0.1, 0.15) is 49.7 Å². The molecule has 3 amide bonds. The Morgan fingerprint density at radius 3 is 2.40 bits per heavy atom. The molecular weight excluding hydrogens is 532 g/mol. The minimum Gasteiger partial charge on any atom is -0.376 e. The van der Waals surface area contributed by atoms with Crippen LogP contribution in [0, 0.1) is 23.6 Å². The van der Waals surface area contributed by atoms with Gasteiger partial charge in [0.05, 0.1) is 11.4 Å². The van der Waals surface area contributed by atoms with Crippen LogP contribution < -0.4 is 16.0 Å². The predicted octanol–water partition coefficient (Wildman–Crippen LogP) is 3.65. The molecule has 8 nitrogen and oxygen atoms in total. The highest BCUT2D eigenvalue weighted by Crippen LogP contribution is 2.39. The van der Waals surface area contributed by atoms with Crippen molar-refractivity contribution in [2.45, 2.75) is 50.9 Å². The lowest BCUT2D eigenvalue weighted by Gasteiger charge is -2.27. The Kier molecular flexibility index (Phi) is 8.87. The quantitative estimate of drug-likeness (QED) is 0.362. The number of hydrogen-bond donors (Lipinski definition) is 3. The monoisotopic (exact) mass is 562 g/mol. The molecule has 1 heterocycles. The van der Waals surface area contributed by atoms with Crippen molar-refractivity contribution in [3.05, 3.63) is 65.5 Å². The van der Waals surface area contributed by atoms with E-state index in [0.29, 0.717) is 5.56 Å². The van der Waals surface area contributed by atoms with E-state index in [0.717, 1.165) is 23.8 Å². The van der Waals surface area contributed by atoms with Crippen LogP contribution in [-0.4, -0.2) is 47.6 Å². The Balaban J connectivity index is 1.71. The lowest BCUT2D eigenvalue weighted by atomic mass is 9.82. The lowest BCUT2D eigenvalue weighted by Crippen LogP contribution is -2.51. The van der Waals surface area contributed by atoms with E-state index in [1.165, 1.54) is 12.1 Å². The van der Waals surface area contributed by atoms with Gasteiger partial charge < -0.3 is 16.2 Å². The van der Waals surface area contributed by atoms with Gasteiger partial charge in [-0.05, 0) is 31.2 Å². The molecule has 0 unspecified atom stereocenters. The molecule has 0 saturated heterocycles. The van der Waals surface area contributed by atoms with Gasteiger partial charge in [-0.3, -0.25) is 19.3 Å². The molecule has 0 bridgehead atoms. The number of rotatable bonds is 11. The normalized spacial score (nSPS) is 18.8. The number of para-hydroxylation sites is 1. The van der Waals surface area contributed by atoms with Crippen molar-refractivity contribution in [1.82, 2.24) is 5.32 Å². The van der Waals surface area contributed by atoms with Gasteiger partial charge in [-0.25, -0.2) is 9.38 Å². The topological polar surface area (TPSA) is 125 Å². The zero-order chi connectivity index (χ0) is 29.0. The SMILES string of the molecule is NC(=O)[C@@H](CC1CC1)[C@@H](CCCC(F)(F)F)C(=O)N[C@H]1N=C(c2ccccc2)c2cccc(F)c2N(CO)C1=O. The van der Waals surface area contributed by atoms with Gasteiger partial charge >= 0.3 is 6.18 Å². The van der Waals surface area contributed by atoms with Crippen LogP contribution in [0.4, 0.5) is 23.2 Å². The minimum atomic E-state index is -4.46. The van der Waals surface area contributed by atoms with Crippen molar-refractivity contribution in [2.75, 3.05) is 11.6 Å².